The van der Waals surface area contributed by atoms with E-state index in [-0.39, 0.29) is 46.7 Å². The lowest BCUT2D eigenvalue weighted by Crippen LogP contribution is -2.65. The molecule has 41 heavy (non-hydrogen) atoms. The second-order valence-electron chi connectivity index (χ2n) is 14.1. The van der Waals surface area contributed by atoms with E-state index in [0.29, 0.717) is 29.9 Å². The van der Waals surface area contributed by atoms with Crippen molar-refractivity contribution in [2.75, 3.05) is 26.2 Å². The molecule has 0 radical (unpaired) electrons. The van der Waals surface area contributed by atoms with Crippen LogP contribution in [0.5, 0.6) is 5.75 Å². The van der Waals surface area contributed by atoms with E-state index in [1.807, 2.05) is 4.90 Å². The molecule has 4 N–H and O–H groups in total. The molecule has 2 saturated heterocycles. The molecule has 5 saturated carbocycles. The van der Waals surface area contributed by atoms with Crippen molar-refractivity contribution in [2.24, 2.45) is 28.9 Å². The number of phenolic OH excluding ortho intramolecular Hbond substituents is 1. The highest BCUT2D eigenvalue weighted by Gasteiger charge is 2.63. The van der Waals surface area contributed by atoms with Crippen molar-refractivity contribution in [3.05, 3.63) is 29.8 Å². The molecular formula is C32H43N5O4. The Morgan fingerprint density at radius 1 is 1.12 bits per heavy atom. The third-order valence-electron chi connectivity index (χ3n) is 11.4. The molecule has 2 amide bonds. The Hall–Kier alpha value is -2.67. The molecule has 2 heterocycles. The van der Waals surface area contributed by atoms with E-state index < -0.39 is 6.04 Å². The average Bonchev–Trinajstić information content (AvgIpc) is 3.61. The predicted molar refractivity (Wildman–Crippen MR) is 152 cm³/mol. The molecule has 7 fully saturated rings. The summed E-state index contributed by atoms with van der Waals surface area (Å²) in [6.07, 6.45) is 9.84. The number of piperidine rings is 2. The Bertz CT molecular complexity index is 1220. The van der Waals surface area contributed by atoms with Crippen LogP contribution in [0.25, 0.3) is 0 Å². The number of hydrogen-bond acceptors (Lipinski definition) is 7. The van der Waals surface area contributed by atoms with Crippen LogP contribution in [0.2, 0.25) is 0 Å². The number of nitriles is 1. The summed E-state index contributed by atoms with van der Waals surface area (Å²) in [6.45, 7) is 3.32. The van der Waals surface area contributed by atoms with Gasteiger partial charge >= 0.3 is 0 Å². The molecule has 1 aromatic carbocycles. The van der Waals surface area contributed by atoms with Crippen molar-refractivity contribution < 1.29 is 19.4 Å². The highest BCUT2D eigenvalue weighted by molar-refractivity contribution is 5.96. The van der Waals surface area contributed by atoms with Gasteiger partial charge in [-0.15, -0.1) is 0 Å². The fourth-order valence-electron chi connectivity index (χ4n) is 9.71. The lowest BCUT2D eigenvalue weighted by atomic mass is 9.46. The second kappa shape index (κ2) is 10.3. The number of fused-ring (bicyclic) bond motifs is 1. The summed E-state index contributed by atoms with van der Waals surface area (Å²) in [4.78, 5) is 30.6. The lowest BCUT2D eigenvalue weighted by molar-refractivity contribution is -0.201. The van der Waals surface area contributed by atoms with Gasteiger partial charge in [-0.1, -0.05) is 12.1 Å². The van der Waals surface area contributed by atoms with E-state index in [0.717, 1.165) is 77.4 Å². The largest absolute Gasteiger partial charge is 0.507 e. The molecule has 220 valence electrons. The number of para-hydroxylation sites is 1. The monoisotopic (exact) mass is 561 g/mol. The molecule has 8 rings (SSSR count). The van der Waals surface area contributed by atoms with Gasteiger partial charge in [-0.3, -0.25) is 9.59 Å². The van der Waals surface area contributed by atoms with Gasteiger partial charge in [-0.25, -0.2) is 0 Å². The first-order valence-electron chi connectivity index (χ1n) is 15.7. The molecule has 9 heteroatoms. The minimum Gasteiger partial charge on any atom is -0.507 e. The average molecular weight is 562 g/mol. The number of ether oxygens (including phenoxy) is 1. The van der Waals surface area contributed by atoms with E-state index in [4.69, 9.17) is 10.5 Å². The van der Waals surface area contributed by atoms with E-state index >= 15 is 0 Å². The summed E-state index contributed by atoms with van der Waals surface area (Å²) in [7, 11) is 0. The molecule has 2 unspecified atom stereocenters. The fourth-order valence-corrected chi connectivity index (χ4v) is 9.71. The number of carbonyl (C=O) groups is 2. The fraction of sp³-hybridized carbons (Fsp3) is 0.719. The zero-order chi connectivity index (χ0) is 28.4. The normalized spacial score (nSPS) is 38.3. The van der Waals surface area contributed by atoms with E-state index in [9.17, 15) is 20.0 Å². The van der Waals surface area contributed by atoms with Crippen LogP contribution in [0, 0.1) is 34.5 Å². The van der Waals surface area contributed by atoms with Crippen LogP contribution >= 0.6 is 0 Å². The SMILES string of the molecule is N#C[C@@H]1C[C@@H]2C[C@@H]2N1C(=O)[C@@H](N)C12CC3CC(CC(OCCN4CCC(NC(=O)c5ccccc5O)CC4)(C3)C1)C2. The van der Waals surface area contributed by atoms with Crippen molar-refractivity contribution in [3.8, 4) is 11.8 Å². The smallest absolute Gasteiger partial charge is 0.255 e. The van der Waals surface area contributed by atoms with E-state index in [1.54, 1.807) is 18.2 Å². The molecule has 1 aromatic rings. The molecule has 6 atom stereocenters. The summed E-state index contributed by atoms with van der Waals surface area (Å²) in [5, 5.41) is 22.7. The van der Waals surface area contributed by atoms with Crippen LogP contribution in [0.15, 0.2) is 24.3 Å². The number of likely N-dealkylation sites (tertiary alicyclic amines) is 2. The summed E-state index contributed by atoms with van der Waals surface area (Å²) >= 11 is 0. The molecular weight excluding hydrogens is 518 g/mol. The van der Waals surface area contributed by atoms with Crippen LogP contribution in [-0.4, -0.2) is 82.7 Å². The summed E-state index contributed by atoms with van der Waals surface area (Å²) in [5.41, 5.74) is 6.81. The molecule has 0 spiro atoms. The van der Waals surface area contributed by atoms with Crippen molar-refractivity contribution in [1.29, 1.82) is 5.26 Å². The van der Waals surface area contributed by atoms with Gasteiger partial charge < -0.3 is 30.7 Å². The summed E-state index contributed by atoms with van der Waals surface area (Å²) in [6, 6.07) is 8.50. The quantitative estimate of drug-likeness (QED) is 0.445. The van der Waals surface area contributed by atoms with Crippen LogP contribution in [0.3, 0.4) is 0 Å². The standard InChI is InChI=1S/C32H43N5O4/c33-18-24-12-22-13-26(22)37(24)30(40)28(34)31-14-20-11-21(15-31)17-32(16-20,19-31)41-10-9-36-7-5-23(6-8-36)35-29(39)25-3-1-2-4-27(25)38/h1-4,20-24,26,28,38H,5-17,19,34H2,(H,35,39)/t20?,21?,22-,24+,26+,28-,31?,32?/m1/s1. The number of carbonyl (C=O) groups excluding carboxylic acids is 2. The first-order valence-corrected chi connectivity index (χ1v) is 15.7. The van der Waals surface area contributed by atoms with Crippen LogP contribution < -0.4 is 11.1 Å². The Kier molecular flexibility index (Phi) is 6.80. The molecule has 5 aliphatic carbocycles. The van der Waals surface area contributed by atoms with Crippen molar-refractivity contribution in [1.82, 2.24) is 15.1 Å². The van der Waals surface area contributed by atoms with Gasteiger partial charge in [0.05, 0.1) is 29.9 Å². The number of aromatic hydroxyl groups is 1. The number of rotatable bonds is 8. The number of nitrogens with one attached hydrogen (secondary N) is 1. The van der Waals surface area contributed by atoms with Gasteiger partial charge in [-0.05, 0) is 99.5 Å². The second-order valence-corrected chi connectivity index (χ2v) is 14.1. The number of benzene rings is 1. The number of phenols is 1. The number of hydrogen-bond donors (Lipinski definition) is 3. The molecule has 0 aromatic heterocycles. The van der Waals surface area contributed by atoms with Gasteiger partial charge in [0.15, 0.2) is 0 Å². The van der Waals surface area contributed by atoms with Gasteiger partial charge in [-0.2, -0.15) is 5.26 Å². The minimum absolute atomic E-state index is 0.00956. The van der Waals surface area contributed by atoms with Gasteiger partial charge in [0, 0.05) is 31.7 Å². The van der Waals surface area contributed by atoms with Crippen LogP contribution in [0.1, 0.15) is 74.6 Å². The Balaban J connectivity index is 0.927. The van der Waals surface area contributed by atoms with Crippen molar-refractivity contribution in [3.63, 3.8) is 0 Å². The highest BCUT2D eigenvalue weighted by atomic mass is 16.5. The maximum Gasteiger partial charge on any atom is 0.255 e. The van der Waals surface area contributed by atoms with Crippen molar-refractivity contribution in [2.45, 2.75) is 94.0 Å². The van der Waals surface area contributed by atoms with Gasteiger partial charge in [0.2, 0.25) is 5.91 Å². The van der Waals surface area contributed by atoms with Gasteiger partial charge in [0.1, 0.15) is 11.8 Å². The van der Waals surface area contributed by atoms with Crippen LogP contribution in [0.4, 0.5) is 0 Å². The summed E-state index contributed by atoms with van der Waals surface area (Å²) in [5.74, 6) is 1.43. The maximum absolute atomic E-state index is 13.7. The molecule has 9 nitrogen and oxygen atoms in total. The zero-order valence-electron chi connectivity index (χ0n) is 23.8. The number of nitrogens with zero attached hydrogens (tertiary/aromatic N) is 3. The Labute approximate surface area is 242 Å². The van der Waals surface area contributed by atoms with Crippen LogP contribution in [-0.2, 0) is 9.53 Å². The molecule has 4 bridgehead atoms. The first-order chi connectivity index (χ1) is 19.8. The Morgan fingerprint density at radius 2 is 1.85 bits per heavy atom. The number of nitrogens with two attached hydrogens (primary N) is 1. The first kappa shape index (κ1) is 27.2. The highest BCUT2D eigenvalue weighted by Crippen LogP contribution is 2.64. The lowest BCUT2D eigenvalue weighted by Gasteiger charge is -2.63. The Morgan fingerprint density at radius 3 is 2.56 bits per heavy atom. The topological polar surface area (TPSA) is 132 Å². The van der Waals surface area contributed by atoms with E-state index in [1.165, 1.54) is 12.5 Å². The maximum atomic E-state index is 13.7. The third-order valence-corrected chi connectivity index (χ3v) is 11.4. The summed E-state index contributed by atoms with van der Waals surface area (Å²) < 4.78 is 6.79. The predicted octanol–water partition coefficient (Wildman–Crippen LogP) is 2.78. The minimum atomic E-state index is -0.543. The zero-order valence-corrected chi connectivity index (χ0v) is 23.8. The van der Waals surface area contributed by atoms with Crippen molar-refractivity contribution >= 4 is 11.8 Å². The van der Waals surface area contributed by atoms with Gasteiger partial charge in [0.25, 0.3) is 5.91 Å². The number of amides is 2. The third kappa shape index (κ3) is 4.92. The van der Waals surface area contributed by atoms with E-state index in [2.05, 4.69) is 16.3 Å². The molecule has 2 aliphatic heterocycles. The molecule has 7 aliphatic rings.